The third-order valence-corrected chi connectivity index (χ3v) is 6.24. The van der Waals surface area contributed by atoms with E-state index in [-0.39, 0.29) is 35.1 Å². The predicted octanol–water partition coefficient (Wildman–Crippen LogP) is 3.99. The molecule has 4 heterocycles. The summed E-state index contributed by atoms with van der Waals surface area (Å²) in [7, 11) is 0. The summed E-state index contributed by atoms with van der Waals surface area (Å²) in [5.41, 5.74) is -0.313. The van der Waals surface area contributed by atoms with Gasteiger partial charge >= 0.3 is 6.18 Å². The van der Waals surface area contributed by atoms with Gasteiger partial charge in [0.25, 0.3) is 5.91 Å². The highest BCUT2D eigenvalue weighted by Crippen LogP contribution is 2.39. The first-order valence-corrected chi connectivity index (χ1v) is 11.6. The molecule has 0 saturated heterocycles. The summed E-state index contributed by atoms with van der Waals surface area (Å²) in [4.78, 5) is 38.8. The Labute approximate surface area is 213 Å². The Bertz CT molecular complexity index is 1580. The number of halogens is 4. The van der Waals surface area contributed by atoms with Gasteiger partial charge in [-0.05, 0) is 32.0 Å². The van der Waals surface area contributed by atoms with Crippen molar-refractivity contribution in [2.45, 2.75) is 38.4 Å². The van der Waals surface area contributed by atoms with Crippen molar-refractivity contribution >= 4 is 28.7 Å². The van der Waals surface area contributed by atoms with Crippen molar-refractivity contribution in [2.75, 3.05) is 11.9 Å². The van der Waals surface area contributed by atoms with Crippen LogP contribution in [0, 0.1) is 5.82 Å². The highest BCUT2D eigenvalue weighted by atomic mass is 19.4. The van der Waals surface area contributed by atoms with E-state index in [0.29, 0.717) is 16.6 Å². The third kappa shape index (κ3) is 4.55. The van der Waals surface area contributed by atoms with Crippen molar-refractivity contribution in [3.63, 3.8) is 0 Å². The number of nitrogens with one attached hydrogen (secondary N) is 2. The molecule has 0 radical (unpaired) electrons. The molecule has 1 aliphatic rings. The van der Waals surface area contributed by atoms with Crippen LogP contribution in [-0.4, -0.2) is 49.3 Å². The van der Waals surface area contributed by atoms with Gasteiger partial charge in [0.15, 0.2) is 11.5 Å². The number of aromatic nitrogens is 5. The fourth-order valence-corrected chi connectivity index (χ4v) is 4.27. The lowest BCUT2D eigenvalue weighted by Gasteiger charge is -2.18. The van der Waals surface area contributed by atoms with E-state index < -0.39 is 42.2 Å². The molecule has 196 valence electrons. The lowest BCUT2D eigenvalue weighted by molar-refractivity contribution is -0.133. The second kappa shape index (κ2) is 9.15. The van der Waals surface area contributed by atoms with Gasteiger partial charge in [-0.15, -0.1) is 0 Å². The number of alkyl halides is 3. The first-order valence-electron chi connectivity index (χ1n) is 11.6. The third-order valence-electron chi connectivity index (χ3n) is 6.24. The Morgan fingerprint density at radius 1 is 1.13 bits per heavy atom. The molecule has 1 aromatic carbocycles. The zero-order valence-corrected chi connectivity index (χ0v) is 20.2. The molecule has 0 fully saturated rings. The largest absolute Gasteiger partial charge is 0.390 e. The van der Waals surface area contributed by atoms with Gasteiger partial charge in [-0.3, -0.25) is 9.59 Å². The van der Waals surface area contributed by atoms with Crippen molar-refractivity contribution in [3.8, 4) is 11.5 Å². The minimum atomic E-state index is -4.46. The number of nitrogens with zero attached hydrogens (tertiary/aromatic N) is 5. The van der Waals surface area contributed by atoms with Gasteiger partial charge in [0.1, 0.15) is 23.0 Å². The van der Waals surface area contributed by atoms with Crippen LogP contribution in [0.5, 0.6) is 0 Å². The van der Waals surface area contributed by atoms with Gasteiger partial charge in [-0.25, -0.2) is 24.0 Å². The SMILES string of the molecule is CC1(C)C(=O)Nc2nc(-c3nn(Cc4ccccc4F)c4ncccc34)nc(C(=O)NCCC(F)(F)F)c21. The molecule has 38 heavy (non-hydrogen) atoms. The molecular weight excluding hydrogens is 506 g/mol. The number of hydrogen-bond donors (Lipinski definition) is 2. The monoisotopic (exact) mass is 527 g/mol. The van der Waals surface area contributed by atoms with Crippen LogP contribution in [0.2, 0.25) is 0 Å². The van der Waals surface area contributed by atoms with E-state index in [4.69, 9.17) is 0 Å². The number of carbonyl (C=O) groups is 2. The smallest absolute Gasteiger partial charge is 0.350 e. The number of carbonyl (C=O) groups excluding carboxylic acids is 2. The molecule has 5 rings (SSSR count). The van der Waals surface area contributed by atoms with E-state index in [0.717, 1.165) is 0 Å². The maximum atomic E-state index is 14.3. The van der Waals surface area contributed by atoms with Crippen LogP contribution in [0.4, 0.5) is 23.4 Å². The topological polar surface area (TPSA) is 115 Å². The van der Waals surface area contributed by atoms with Crippen LogP contribution in [-0.2, 0) is 16.8 Å². The molecule has 2 amide bonds. The van der Waals surface area contributed by atoms with Gasteiger partial charge in [-0.2, -0.15) is 18.3 Å². The standard InChI is InChI=1S/C25H21F4N7O2/c1-24(2)16-18(22(37)31-11-9-25(27,28)29)32-20(33-19(16)34-23(24)38)17-14-7-5-10-30-21(14)36(35-17)12-13-6-3-4-8-15(13)26/h3-8,10H,9,11-12H2,1-2H3,(H,31,37)(H,32,33,34,38). The molecule has 2 N–H and O–H groups in total. The van der Waals surface area contributed by atoms with E-state index in [9.17, 15) is 27.2 Å². The number of benzene rings is 1. The van der Waals surface area contributed by atoms with E-state index in [1.807, 2.05) is 0 Å². The number of anilines is 1. The Hall–Kier alpha value is -4.42. The van der Waals surface area contributed by atoms with Crippen LogP contribution in [0.25, 0.3) is 22.6 Å². The van der Waals surface area contributed by atoms with Crippen molar-refractivity contribution in [3.05, 3.63) is 65.2 Å². The van der Waals surface area contributed by atoms with Gasteiger partial charge < -0.3 is 10.6 Å². The first kappa shape index (κ1) is 25.2. The lowest BCUT2D eigenvalue weighted by atomic mass is 9.85. The van der Waals surface area contributed by atoms with Gasteiger partial charge in [-0.1, -0.05) is 18.2 Å². The van der Waals surface area contributed by atoms with Gasteiger partial charge in [0.05, 0.1) is 23.8 Å². The molecule has 9 nitrogen and oxygen atoms in total. The number of pyridine rings is 1. The molecular formula is C25H21F4N7O2. The highest BCUT2D eigenvalue weighted by Gasteiger charge is 2.44. The summed E-state index contributed by atoms with van der Waals surface area (Å²) >= 11 is 0. The van der Waals surface area contributed by atoms with E-state index in [1.165, 1.54) is 16.9 Å². The van der Waals surface area contributed by atoms with Crippen molar-refractivity contribution in [1.29, 1.82) is 0 Å². The van der Waals surface area contributed by atoms with Crippen molar-refractivity contribution in [1.82, 2.24) is 30.0 Å². The second-order valence-corrected chi connectivity index (χ2v) is 9.29. The summed E-state index contributed by atoms with van der Waals surface area (Å²) < 4.78 is 53.7. The van der Waals surface area contributed by atoms with Crippen LogP contribution in [0.15, 0.2) is 42.6 Å². The summed E-state index contributed by atoms with van der Waals surface area (Å²) in [6, 6.07) is 9.55. The fraction of sp³-hybridized carbons (Fsp3) is 0.280. The molecule has 0 atom stereocenters. The summed E-state index contributed by atoms with van der Waals surface area (Å²) in [5.74, 6) is -1.74. The molecule has 0 spiro atoms. The maximum Gasteiger partial charge on any atom is 0.390 e. The van der Waals surface area contributed by atoms with E-state index in [2.05, 4.69) is 30.7 Å². The number of rotatable bonds is 6. The molecule has 4 aromatic rings. The minimum Gasteiger partial charge on any atom is -0.350 e. The van der Waals surface area contributed by atoms with Crippen molar-refractivity contribution in [2.24, 2.45) is 0 Å². The Morgan fingerprint density at radius 2 is 1.89 bits per heavy atom. The zero-order chi connectivity index (χ0) is 27.2. The fourth-order valence-electron chi connectivity index (χ4n) is 4.27. The summed E-state index contributed by atoms with van der Waals surface area (Å²) in [6.07, 6.45) is -4.15. The van der Waals surface area contributed by atoms with E-state index >= 15 is 0 Å². The lowest BCUT2D eigenvalue weighted by Crippen LogP contribution is -2.33. The Balaban J connectivity index is 1.62. The van der Waals surface area contributed by atoms with Gasteiger partial charge in [0, 0.05) is 23.9 Å². The molecule has 13 heteroatoms. The zero-order valence-electron chi connectivity index (χ0n) is 20.2. The molecule has 0 unspecified atom stereocenters. The summed E-state index contributed by atoms with van der Waals surface area (Å²) in [6.45, 7) is 2.50. The van der Waals surface area contributed by atoms with Crippen molar-refractivity contribution < 1.29 is 27.2 Å². The second-order valence-electron chi connectivity index (χ2n) is 9.29. The average Bonchev–Trinajstić information content (AvgIpc) is 3.33. The van der Waals surface area contributed by atoms with Crippen LogP contribution < -0.4 is 10.6 Å². The first-order chi connectivity index (χ1) is 18.0. The highest BCUT2D eigenvalue weighted by molar-refractivity contribution is 6.09. The van der Waals surface area contributed by atoms with E-state index in [1.54, 1.807) is 44.2 Å². The quantitative estimate of drug-likeness (QED) is 0.367. The van der Waals surface area contributed by atoms with Crippen LogP contribution >= 0.6 is 0 Å². The Kier molecular flexibility index (Phi) is 6.08. The molecule has 1 aliphatic heterocycles. The number of hydrogen-bond acceptors (Lipinski definition) is 6. The van der Waals surface area contributed by atoms with Crippen LogP contribution in [0.3, 0.4) is 0 Å². The normalized spacial score (nSPS) is 14.4. The molecule has 0 aliphatic carbocycles. The predicted molar refractivity (Wildman–Crippen MR) is 129 cm³/mol. The van der Waals surface area contributed by atoms with Gasteiger partial charge in [0.2, 0.25) is 5.91 Å². The minimum absolute atomic E-state index is 0.0413. The average molecular weight is 527 g/mol. The summed E-state index contributed by atoms with van der Waals surface area (Å²) in [5, 5.41) is 9.89. The maximum absolute atomic E-state index is 14.3. The molecule has 3 aromatic heterocycles. The van der Waals surface area contributed by atoms with Crippen LogP contribution in [0.1, 0.15) is 41.9 Å². The molecule has 0 bridgehead atoms. The Morgan fingerprint density at radius 3 is 2.63 bits per heavy atom. The number of fused-ring (bicyclic) bond motifs is 2. The molecule has 0 saturated carbocycles. The number of amides is 2.